The van der Waals surface area contributed by atoms with Crippen LogP contribution in [0.2, 0.25) is 0 Å². The quantitative estimate of drug-likeness (QED) is 0.439. The van der Waals surface area contributed by atoms with Gasteiger partial charge in [-0.15, -0.1) is 0 Å². The van der Waals surface area contributed by atoms with Crippen molar-refractivity contribution in [2.75, 3.05) is 6.61 Å². The molecule has 1 aromatic heterocycles. The minimum atomic E-state index is -4.57. The number of aromatic nitrogens is 1. The molecule has 19 heavy (non-hydrogen) atoms. The maximum atomic E-state index is 10.3. The van der Waals surface area contributed by atoms with Crippen molar-refractivity contribution >= 4 is 10.4 Å². The van der Waals surface area contributed by atoms with Crippen LogP contribution in [-0.4, -0.2) is 24.1 Å². The molecule has 0 unspecified atom stereocenters. The van der Waals surface area contributed by atoms with Crippen LogP contribution in [0, 0.1) is 0 Å². The van der Waals surface area contributed by atoms with Gasteiger partial charge in [0.1, 0.15) is 0 Å². The Bertz CT molecular complexity index is 503. The lowest BCUT2D eigenvalue weighted by Gasteiger charge is -2.12. The van der Waals surface area contributed by atoms with Crippen LogP contribution in [0.25, 0.3) is 0 Å². The first-order valence-corrected chi connectivity index (χ1v) is 7.84. The van der Waals surface area contributed by atoms with E-state index in [-0.39, 0.29) is 6.61 Å². The molecule has 1 heterocycles. The summed E-state index contributed by atoms with van der Waals surface area (Å²) in [5.41, 5.74) is 2.48. The predicted octanol–water partition coefficient (Wildman–Crippen LogP) is 2.60. The Balaban J connectivity index is 2.66. The van der Waals surface area contributed by atoms with Crippen molar-refractivity contribution in [2.45, 2.75) is 52.5 Å². The molecule has 0 aliphatic heterocycles. The van der Waals surface area contributed by atoms with Gasteiger partial charge < -0.3 is 9.12 Å². The molecule has 0 saturated heterocycles. The Labute approximate surface area is 115 Å². The Morgan fingerprint density at radius 3 is 2.37 bits per heavy atom. The van der Waals surface area contributed by atoms with E-state index in [1.165, 1.54) is 11.3 Å². The van der Waals surface area contributed by atoms with Gasteiger partial charge in [-0.25, -0.2) is 8.42 Å². The summed E-state index contributed by atoms with van der Waals surface area (Å²) in [6, 6.07) is 2.18. The highest BCUT2D eigenvalue weighted by atomic mass is 32.3. The van der Waals surface area contributed by atoms with E-state index in [1.54, 1.807) is 0 Å². The maximum Gasteiger partial charge on any atom is 0.217 e. The van der Waals surface area contributed by atoms with Crippen molar-refractivity contribution in [3.63, 3.8) is 0 Å². The van der Waals surface area contributed by atoms with E-state index in [1.807, 2.05) is 0 Å². The molecule has 110 valence electrons. The van der Waals surface area contributed by atoms with Crippen molar-refractivity contribution < 1.29 is 17.2 Å². The van der Waals surface area contributed by atoms with Crippen molar-refractivity contribution in [1.29, 1.82) is 0 Å². The van der Waals surface area contributed by atoms with E-state index in [9.17, 15) is 13.0 Å². The summed E-state index contributed by atoms with van der Waals surface area (Å²) in [4.78, 5) is 0. The Morgan fingerprint density at radius 2 is 1.89 bits per heavy atom. The maximum absolute atomic E-state index is 10.3. The fourth-order valence-corrected chi connectivity index (χ4v) is 2.27. The van der Waals surface area contributed by atoms with Gasteiger partial charge in [0.25, 0.3) is 0 Å². The fourth-order valence-electron chi connectivity index (χ4n) is 1.95. The van der Waals surface area contributed by atoms with Gasteiger partial charge in [0.2, 0.25) is 10.4 Å². The molecule has 1 rings (SSSR count). The van der Waals surface area contributed by atoms with Gasteiger partial charge in [0, 0.05) is 18.4 Å². The van der Waals surface area contributed by atoms with Crippen LogP contribution in [0.4, 0.5) is 0 Å². The van der Waals surface area contributed by atoms with Crippen molar-refractivity contribution in [1.82, 2.24) is 4.57 Å². The van der Waals surface area contributed by atoms with E-state index in [0.717, 1.165) is 0 Å². The molecular formula is C13H22NO4S-. The molecule has 0 fully saturated rings. The number of nitrogens with zero attached hydrogens (tertiary/aromatic N) is 1. The smallest absolute Gasteiger partial charge is 0.217 e. The zero-order valence-electron chi connectivity index (χ0n) is 11.9. The number of rotatable bonds is 7. The summed E-state index contributed by atoms with van der Waals surface area (Å²) < 4.78 is 37.3. The summed E-state index contributed by atoms with van der Waals surface area (Å²) in [7, 11) is -4.57. The Hall–Kier alpha value is -0.850. The van der Waals surface area contributed by atoms with Crippen LogP contribution in [0.15, 0.2) is 12.3 Å². The molecule has 6 heteroatoms. The summed E-state index contributed by atoms with van der Waals surface area (Å²) in [6.45, 7) is 9.09. The van der Waals surface area contributed by atoms with E-state index in [0.29, 0.717) is 24.8 Å². The van der Waals surface area contributed by atoms with Crippen LogP contribution < -0.4 is 0 Å². The minimum Gasteiger partial charge on any atom is -0.726 e. The van der Waals surface area contributed by atoms with Gasteiger partial charge in [-0.3, -0.25) is 4.18 Å². The lowest BCUT2D eigenvalue weighted by molar-refractivity contribution is 0.253. The first-order chi connectivity index (χ1) is 8.70. The van der Waals surface area contributed by atoms with Crippen LogP contribution >= 0.6 is 0 Å². The van der Waals surface area contributed by atoms with E-state index >= 15 is 0 Å². The summed E-state index contributed by atoms with van der Waals surface area (Å²) in [5, 5.41) is 0. The highest BCUT2D eigenvalue weighted by Crippen LogP contribution is 2.23. The molecule has 0 aromatic carbocycles. The molecule has 0 radical (unpaired) electrons. The lowest BCUT2D eigenvalue weighted by Crippen LogP contribution is -2.09. The first-order valence-electron chi connectivity index (χ1n) is 6.51. The molecule has 5 nitrogen and oxygen atoms in total. The summed E-state index contributed by atoms with van der Waals surface area (Å²) in [6.07, 6.45) is 2.58. The topological polar surface area (TPSA) is 71.4 Å². The van der Waals surface area contributed by atoms with Crippen LogP contribution in [0.1, 0.15) is 57.2 Å². The molecule has 1 aromatic rings. The Kier molecular flexibility index (Phi) is 5.58. The van der Waals surface area contributed by atoms with Crippen molar-refractivity contribution in [3.05, 3.63) is 23.5 Å². The zero-order chi connectivity index (χ0) is 14.6. The summed E-state index contributed by atoms with van der Waals surface area (Å²) in [5.74, 6) is 0.855. The Morgan fingerprint density at radius 1 is 1.26 bits per heavy atom. The first kappa shape index (κ1) is 16.2. The zero-order valence-corrected chi connectivity index (χ0v) is 12.7. The molecule has 0 saturated carbocycles. The molecule has 0 bridgehead atoms. The molecule has 0 amide bonds. The van der Waals surface area contributed by atoms with Crippen LogP contribution in [-0.2, 0) is 21.1 Å². The summed E-state index contributed by atoms with van der Waals surface area (Å²) >= 11 is 0. The van der Waals surface area contributed by atoms with Gasteiger partial charge in [-0.05, 0) is 29.9 Å². The third kappa shape index (κ3) is 5.34. The van der Waals surface area contributed by atoms with Crippen LogP contribution in [0.5, 0.6) is 0 Å². The average molecular weight is 288 g/mol. The molecule has 0 aliphatic rings. The highest BCUT2D eigenvalue weighted by Gasteiger charge is 2.11. The van der Waals surface area contributed by atoms with Gasteiger partial charge >= 0.3 is 0 Å². The largest absolute Gasteiger partial charge is 0.726 e. The minimum absolute atomic E-state index is 0.0709. The number of hydrogen-bond acceptors (Lipinski definition) is 4. The van der Waals surface area contributed by atoms with Gasteiger partial charge in [-0.2, -0.15) is 0 Å². The van der Waals surface area contributed by atoms with Crippen molar-refractivity contribution in [2.24, 2.45) is 0 Å². The van der Waals surface area contributed by atoms with E-state index < -0.39 is 10.4 Å². The van der Waals surface area contributed by atoms with Crippen molar-refractivity contribution in [3.8, 4) is 0 Å². The van der Waals surface area contributed by atoms with E-state index in [4.69, 9.17) is 0 Å². The molecule has 0 N–H and O–H groups in total. The fraction of sp³-hybridized carbons (Fsp3) is 0.692. The average Bonchev–Trinajstić information content (AvgIpc) is 2.67. The standard InChI is InChI=1S/C13H23NO4S/c1-10(2)12-8-13(11(3)4)14(9-12)6-5-7-18-19(15,16)17/h8-11H,5-7H2,1-4H3,(H,15,16,17)/p-1. The predicted molar refractivity (Wildman–Crippen MR) is 72.9 cm³/mol. The lowest BCUT2D eigenvalue weighted by atomic mass is 10.1. The third-order valence-corrected chi connectivity index (χ3v) is 3.44. The normalized spacial score (nSPS) is 12.6. The molecule has 0 atom stereocenters. The third-order valence-electron chi connectivity index (χ3n) is 2.98. The number of hydrogen-bond donors (Lipinski definition) is 0. The monoisotopic (exact) mass is 288 g/mol. The second-order valence-electron chi connectivity index (χ2n) is 5.28. The van der Waals surface area contributed by atoms with Gasteiger partial charge in [0.15, 0.2) is 0 Å². The molecule has 0 spiro atoms. The highest BCUT2D eigenvalue weighted by molar-refractivity contribution is 7.80. The van der Waals surface area contributed by atoms with Crippen LogP contribution in [0.3, 0.4) is 0 Å². The second kappa shape index (κ2) is 6.54. The van der Waals surface area contributed by atoms with Gasteiger partial charge in [0.05, 0.1) is 6.61 Å². The number of aryl methyl sites for hydroxylation is 1. The molecule has 0 aliphatic carbocycles. The SMILES string of the molecule is CC(C)c1cc(C(C)C)n(CCCOS(=O)(=O)[O-])c1. The second-order valence-corrected chi connectivity index (χ2v) is 6.34. The molecular weight excluding hydrogens is 266 g/mol. The van der Waals surface area contributed by atoms with E-state index in [2.05, 4.69) is 48.7 Å². The van der Waals surface area contributed by atoms with Gasteiger partial charge in [-0.1, -0.05) is 27.7 Å².